The van der Waals surface area contributed by atoms with Crippen molar-refractivity contribution in [1.82, 2.24) is 4.90 Å². The summed E-state index contributed by atoms with van der Waals surface area (Å²) in [6, 6.07) is 0. The first kappa shape index (κ1) is 6.08. The van der Waals surface area contributed by atoms with Crippen molar-refractivity contribution < 1.29 is 4.79 Å². The molecule has 46 valence electrons. The molecule has 8 heavy (non-hydrogen) atoms. The number of hydrogen-bond donors (Lipinski definition) is 0. The Labute approximate surface area is 57.0 Å². The molecule has 0 spiro atoms. The molecule has 0 aromatic heterocycles. The van der Waals surface area contributed by atoms with E-state index in [0.29, 0.717) is 5.33 Å². The van der Waals surface area contributed by atoms with E-state index in [-0.39, 0.29) is 5.91 Å². The van der Waals surface area contributed by atoms with Crippen LogP contribution in [0.5, 0.6) is 0 Å². The molecule has 0 N–H and O–H groups in total. The van der Waals surface area contributed by atoms with Crippen molar-refractivity contribution in [1.29, 1.82) is 0 Å². The molecule has 0 atom stereocenters. The van der Waals surface area contributed by atoms with Gasteiger partial charge in [-0.05, 0) is 6.42 Å². The van der Waals surface area contributed by atoms with Gasteiger partial charge in [0.2, 0.25) is 5.91 Å². The van der Waals surface area contributed by atoms with Crippen molar-refractivity contribution in [2.24, 2.45) is 0 Å². The Kier molecular flexibility index (Phi) is 1.89. The summed E-state index contributed by atoms with van der Waals surface area (Å²) in [4.78, 5) is 12.5. The smallest absolute Gasteiger partial charge is 0.233 e. The molecule has 0 aliphatic carbocycles. The second kappa shape index (κ2) is 2.49. The van der Waals surface area contributed by atoms with Gasteiger partial charge >= 0.3 is 0 Å². The minimum absolute atomic E-state index is 0.219. The van der Waals surface area contributed by atoms with Crippen molar-refractivity contribution in [3.63, 3.8) is 0 Å². The van der Waals surface area contributed by atoms with Crippen molar-refractivity contribution in [3.8, 4) is 0 Å². The lowest BCUT2D eigenvalue weighted by molar-refractivity contribution is -0.131. The number of alkyl halides is 1. The lowest BCUT2D eigenvalue weighted by Crippen LogP contribution is -2.42. The van der Waals surface area contributed by atoms with E-state index in [0.717, 1.165) is 13.1 Å². The number of carbonyl (C=O) groups excluding carboxylic acids is 1. The Bertz CT molecular complexity index is 101. The number of rotatable bonds is 1. The number of carbonyl (C=O) groups is 1. The minimum Gasteiger partial charge on any atom is -0.342 e. The van der Waals surface area contributed by atoms with Gasteiger partial charge in [-0.1, -0.05) is 15.9 Å². The molecule has 1 heterocycles. The average molecular weight is 178 g/mol. The van der Waals surface area contributed by atoms with E-state index in [4.69, 9.17) is 0 Å². The highest BCUT2D eigenvalue weighted by Crippen LogP contribution is 2.06. The van der Waals surface area contributed by atoms with Gasteiger partial charge in [-0.3, -0.25) is 4.79 Å². The molecule has 1 fully saturated rings. The van der Waals surface area contributed by atoms with Crippen LogP contribution in [0.3, 0.4) is 0 Å². The highest BCUT2D eigenvalue weighted by Gasteiger charge is 2.17. The highest BCUT2D eigenvalue weighted by atomic mass is 79.9. The van der Waals surface area contributed by atoms with Gasteiger partial charge in [0.1, 0.15) is 0 Å². The molecule has 1 aliphatic rings. The molecule has 1 saturated heterocycles. The molecule has 1 rings (SSSR count). The molecule has 1 amide bonds. The Balaban J connectivity index is 2.24. The normalized spacial score (nSPS) is 17.9. The standard InChI is InChI=1S/C5H8BrNO/c6-4-5(8)7-2-1-3-7/h1-4H2. The Hall–Kier alpha value is -0.0500. The van der Waals surface area contributed by atoms with Crippen LogP contribution in [0.15, 0.2) is 0 Å². The maximum Gasteiger partial charge on any atom is 0.233 e. The zero-order valence-electron chi connectivity index (χ0n) is 4.56. The van der Waals surface area contributed by atoms with Crippen LogP contribution in [0.1, 0.15) is 6.42 Å². The number of hydrogen-bond acceptors (Lipinski definition) is 1. The van der Waals surface area contributed by atoms with Crippen molar-refractivity contribution in [2.45, 2.75) is 6.42 Å². The molecule has 3 heteroatoms. The topological polar surface area (TPSA) is 20.3 Å². The summed E-state index contributed by atoms with van der Waals surface area (Å²) in [5, 5.41) is 0.479. The van der Waals surface area contributed by atoms with Gasteiger partial charge in [0.25, 0.3) is 0 Å². The molecule has 0 radical (unpaired) electrons. The fraction of sp³-hybridized carbons (Fsp3) is 0.800. The van der Waals surface area contributed by atoms with Crippen LogP contribution in [0.2, 0.25) is 0 Å². The average Bonchev–Trinajstić information content (AvgIpc) is 1.62. The van der Waals surface area contributed by atoms with Crippen LogP contribution in [-0.2, 0) is 4.79 Å². The van der Waals surface area contributed by atoms with Gasteiger partial charge in [0, 0.05) is 13.1 Å². The molecule has 0 saturated carbocycles. The summed E-state index contributed by atoms with van der Waals surface area (Å²) in [7, 11) is 0. The van der Waals surface area contributed by atoms with Gasteiger partial charge < -0.3 is 4.90 Å². The van der Waals surface area contributed by atoms with Crippen molar-refractivity contribution >= 4 is 21.8 Å². The first-order chi connectivity index (χ1) is 3.84. The van der Waals surface area contributed by atoms with Crippen LogP contribution >= 0.6 is 15.9 Å². The summed E-state index contributed by atoms with van der Waals surface area (Å²) in [5.74, 6) is 0.219. The molecular weight excluding hydrogens is 170 g/mol. The summed E-state index contributed by atoms with van der Waals surface area (Å²) in [5.41, 5.74) is 0. The second-order valence-electron chi connectivity index (χ2n) is 1.87. The number of halogens is 1. The van der Waals surface area contributed by atoms with E-state index in [1.165, 1.54) is 6.42 Å². The number of amides is 1. The summed E-state index contributed by atoms with van der Waals surface area (Å²) in [6.07, 6.45) is 1.18. The van der Waals surface area contributed by atoms with Crippen LogP contribution in [0.4, 0.5) is 0 Å². The third-order valence-electron chi connectivity index (χ3n) is 1.32. The summed E-state index contributed by atoms with van der Waals surface area (Å²) in [6.45, 7) is 1.93. The number of nitrogens with zero attached hydrogens (tertiary/aromatic N) is 1. The minimum atomic E-state index is 0.219. The molecular formula is C5H8BrNO. The Morgan fingerprint density at radius 3 is 2.38 bits per heavy atom. The van der Waals surface area contributed by atoms with Crippen LogP contribution in [0, 0.1) is 0 Å². The largest absolute Gasteiger partial charge is 0.342 e. The molecule has 1 aliphatic heterocycles. The fourth-order valence-corrected chi connectivity index (χ4v) is 1.00. The first-order valence-corrected chi connectivity index (χ1v) is 3.80. The lowest BCUT2D eigenvalue weighted by atomic mass is 10.2. The Morgan fingerprint density at radius 1 is 1.62 bits per heavy atom. The molecule has 0 unspecified atom stereocenters. The SMILES string of the molecule is O=C(CBr)N1CCC1. The first-order valence-electron chi connectivity index (χ1n) is 2.68. The van der Waals surface area contributed by atoms with Gasteiger partial charge in [-0.2, -0.15) is 0 Å². The monoisotopic (exact) mass is 177 g/mol. The summed E-state index contributed by atoms with van der Waals surface area (Å²) >= 11 is 3.10. The van der Waals surface area contributed by atoms with Crippen LogP contribution < -0.4 is 0 Å². The highest BCUT2D eigenvalue weighted by molar-refractivity contribution is 9.09. The third-order valence-corrected chi connectivity index (χ3v) is 1.80. The van der Waals surface area contributed by atoms with Gasteiger partial charge in [0.15, 0.2) is 0 Å². The fourth-order valence-electron chi connectivity index (χ4n) is 0.650. The molecule has 2 nitrogen and oxygen atoms in total. The maximum atomic E-state index is 10.7. The van der Waals surface area contributed by atoms with E-state index in [1.807, 2.05) is 4.90 Å². The van der Waals surface area contributed by atoms with E-state index >= 15 is 0 Å². The summed E-state index contributed by atoms with van der Waals surface area (Å²) < 4.78 is 0. The van der Waals surface area contributed by atoms with Crippen LogP contribution in [-0.4, -0.2) is 29.2 Å². The van der Waals surface area contributed by atoms with Crippen molar-refractivity contribution in [3.05, 3.63) is 0 Å². The van der Waals surface area contributed by atoms with Crippen molar-refractivity contribution in [2.75, 3.05) is 18.4 Å². The molecule has 0 bridgehead atoms. The van der Waals surface area contributed by atoms with Gasteiger partial charge in [-0.15, -0.1) is 0 Å². The zero-order valence-corrected chi connectivity index (χ0v) is 6.15. The molecule has 0 aromatic carbocycles. The predicted octanol–water partition coefficient (Wildman–Crippen LogP) is 0.614. The van der Waals surface area contributed by atoms with Crippen LogP contribution in [0.25, 0.3) is 0 Å². The number of likely N-dealkylation sites (tertiary alicyclic amines) is 1. The van der Waals surface area contributed by atoms with Gasteiger partial charge in [0.05, 0.1) is 5.33 Å². The van der Waals surface area contributed by atoms with E-state index < -0.39 is 0 Å². The second-order valence-corrected chi connectivity index (χ2v) is 2.43. The van der Waals surface area contributed by atoms with E-state index in [1.54, 1.807) is 0 Å². The van der Waals surface area contributed by atoms with Gasteiger partial charge in [-0.25, -0.2) is 0 Å². The lowest BCUT2D eigenvalue weighted by Gasteiger charge is -2.30. The zero-order chi connectivity index (χ0) is 5.98. The van der Waals surface area contributed by atoms with E-state index in [2.05, 4.69) is 15.9 Å². The predicted molar refractivity (Wildman–Crippen MR) is 35.0 cm³/mol. The third kappa shape index (κ3) is 1.02. The maximum absolute atomic E-state index is 10.7. The Morgan fingerprint density at radius 2 is 2.25 bits per heavy atom. The quantitative estimate of drug-likeness (QED) is 0.539. The van der Waals surface area contributed by atoms with E-state index in [9.17, 15) is 4.79 Å². The molecule has 0 aromatic rings.